The minimum absolute atomic E-state index is 0.508. The normalized spacial score (nSPS) is 15.3. The van der Waals surface area contributed by atoms with Crippen LogP contribution in [0.5, 0.6) is 0 Å². The molecule has 0 fully saturated rings. The first-order valence-electron chi connectivity index (χ1n) is 1.97. The molecule has 0 bridgehead atoms. The second kappa shape index (κ2) is 3.45. The van der Waals surface area contributed by atoms with Gasteiger partial charge < -0.3 is 15.9 Å². The lowest BCUT2D eigenvalue weighted by Crippen LogP contribution is -2.22. The van der Waals surface area contributed by atoms with Crippen molar-refractivity contribution in [2.24, 2.45) is 16.6 Å². The molecule has 0 spiro atoms. The van der Waals surface area contributed by atoms with Gasteiger partial charge in [-0.1, -0.05) is 0 Å². The molecule has 10 heavy (non-hydrogen) atoms. The molecular weight excluding hydrogens is 160 g/mol. The van der Waals surface area contributed by atoms with Crippen molar-refractivity contribution in [3.63, 3.8) is 0 Å². The van der Waals surface area contributed by atoms with Gasteiger partial charge in [-0.25, -0.2) is 4.57 Å². The van der Waals surface area contributed by atoms with Crippen LogP contribution < -0.4 is 11.5 Å². The lowest BCUT2D eigenvalue weighted by molar-refractivity contribution is 0.216. The highest BCUT2D eigenvalue weighted by atomic mass is 31.2. The Morgan fingerprint density at radius 3 is 2.50 bits per heavy atom. The average Bonchev–Trinajstić information content (AvgIpc) is 1.85. The van der Waals surface area contributed by atoms with Crippen LogP contribution in [0.4, 0.5) is 0 Å². The van der Waals surface area contributed by atoms with Gasteiger partial charge in [-0.3, -0.25) is 9.52 Å². The first-order chi connectivity index (χ1) is 4.48. The van der Waals surface area contributed by atoms with E-state index in [1.165, 1.54) is 0 Å². The molecule has 0 aromatic carbocycles. The van der Waals surface area contributed by atoms with Crippen LogP contribution in [0.1, 0.15) is 0 Å². The van der Waals surface area contributed by atoms with Crippen molar-refractivity contribution in [2.45, 2.75) is 0 Å². The number of oxime groups is 1. The van der Waals surface area contributed by atoms with Crippen molar-refractivity contribution in [3.05, 3.63) is 0 Å². The van der Waals surface area contributed by atoms with Crippen LogP contribution in [0, 0.1) is 0 Å². The van der Waals surface area contributed by atoms with Crippen LogP contribution in [-0.4, -0.2) is 18.9 Å². The van der Waals surface area contributed by atoms with Crippen LogP contribution in [-0.2, 0) is 13.6 Å². The van der Waals surface area contributed by atoms with Gasteiger partial charge in [-0.05, 0) is 5.16 Å². The highest BCUT2D eigenvalue weighted by Crippen LogP contribution is 2.41. The van der Waals surface area contributed by atoms with E-state index in [-0.39, 0.29) is 0 Å². The minimum Gasteiger partial charge on any atom is -0.367 e. The van der Waals surface area contributed by atoms with Crippen molar-refractivity contribution < 1.29 is 18.5 Å². The summed E-state index contributed by atoms with van der Waals surface area (Å²) in [6.45, 7) is 0. The van der Waals surface area contributed by atoms with Crippen LogP contribution >= 0.6 is 7.82 Å². The number of phosphoric acid groups is 1. The molecule has 0 aromatic rings. The van der Waals surface area contributed by atoms with Gasteiger partial charge in [-0.15, -0.1) is 0 Å². The van der Waals surface area contributed by atoms with Crippen molar-refractivity contribution in [1.29, 1.82) is 0 Å². The zero-order valence-electron chi connectivity index (χ0n) is 4.80. The molecule has 0 saturated heterocycles. The van der Waals surface area contributed by atoms with Gasteiger partial charge in [0, 0.05) is 0 Å². The van der Waals surface area contributed by atoms with Gasteiger partial charge in [0.25, 0.3) is 0 Å². The molecule has 1 unspecified atom stereocenters. The van der Waals surface area contributed by atoms with E-state index < -0.39 is 13.8 Å². The second-order valence-electron chi connectivity index (χ2n) is 1.17. The van der Waals surface area contributed by atoms with Crippen molar-refractivity contribution in [3.8, 4) is 0 Å². The topological polar surface area (TPSA) is 120 Å². The molecule has 0 aliphatic heterocycles. The predicted octanol–water partition coefficient (Wildman–Crippen LogP) is -1.61. The maximum atomic E-state index is 10.3. The molecule has 0 rings (SSSR count). The predicted molar refractivity (Wildman–Crippen MR) is 33.6 cm³/mol. The number of guanidine groups is 1. The largest absolute Gasteiger partial charge is 0.532 e. The highest BCUT2D eigenvalue weighted by Gasteiger charge is 2.18. The fourth-order valence-electron chi connectivity index (χ4n) is 0.118. The van der Waals surface area contributed by atoms with E-state index in [0.29, 0.717) is 0 Å². The van der Waals surface area contributed by atoms with Gasteiger partial charge >= 0.3 is 15.9 Å². The molecule has 0 heterocycles. The SMILES string of the molecule is [B]OP(=O)(O)ON=C(N)N. The van der Waals surface area contributed by atoms with Gasteiger partial charge in [0.2, 0.25) is 5.96 Å². The Balaban J connectivity index is 3.92. The molecule has 0 saturated carbocycles. The molecule has 9 heteroatoms. The van der Waals surface area contributed by atoms with Gasteiger partial charge in [0.15, 0.2) is 0 Å². The molecule has 0 aliphatic carbocycles. The van der Waals surface area contributed by atoms with Crippen LogP contribution in [0.3, 0.4) is 0 Å². The van der Waals surface area contributed by atoms with E-state index in [4.69, 9.17) is 16.4 Å². The minimum atomic E-state index is -4.30. The number of hydrogen-bond donors (Lipinski definition) is 3. The quantitative estimate of drug-likeness (QED) is 0.152. The summed E-state index contributed by atoms with van der Waals surface area (Å²) in [6.07, 6.45) is 0. The molecular formula is CH5BN3O4P. The number of nitrogens with two attached hydrogens (primary N) is 2. The summed E-state index contributed by atoms with van der Waals surface area (Å²) < 4.78 is 17.5. The van der Waals surface area contributed by atoms with E-state index in [0.717, 1.165) is 0 Å². The van der Waals surface area contributed by atoms with Crippen molar-refractivity contribution >= 4 is 21.8 Å². The van der Waals surface area contributed by atoms with Crippen LogP contribution in [0.25, 0.3) is 0 Å². The summed E-state index contributed by atoms with van der Waals surface area (Å²) in [4.78, 5) is 8.34. The summed E-state index contributed by atoms with van der Waals surface area (Å²) >= 11 is 0. The van der Waals surface area contributed by atoms with Gasteiger partial charge in [-0.2, -0.15) is 0 Å². The third-order valence-corrected chi connectivity index (χ3v) is 0.937. The Hall–Kier alpha value is -0.715. The smallest absolute Gasteiger partial charge is 0.367 e. The Labute approximate surface area is 58.0 Å². The monoisotopic (exact) mass is 165 g/mol. The lowest BCUT2D eigenvalue weighted by atomic mass is 10.6. The van der Waals surface area contributed by atoms with E-state index in [2.05, 4.69) is 22.3 Å². The average molecular weight is 165 g/mol. The molecule has 0 aliphatic rings. The standard InChI is InChI=1S/CH5BN3O4P/c2-8-10(6,7)9-5-1(3)4/h(H,6,7)(H4,3,4,5). The third kappa shape index (κ3) is 4.19. The Morgan fingerprint density at radius 1 is 1.70 bits per heavy atom. The maximum Gasteiger partial charge on any atom is 0.532 e. The molecule has 0 aromatic heterocycles. The van der Waals surface area contributed by atoms with E-state index in [1.54, 1.807) is 0 Å². The van der Waals surface area contributed by atoms with E-state index in [9.17, 15) is 4.57 Å². The maximum absolute atomic E-state index is 10.3. The zero-order chi connectivity index (χ0) is 8.20. The van der Waals surface area contributed by atoms with Gasteiger partial charge in [0.05, 0.1) is 0 Å². The molecule has 56 valence electrons. The summed E-state index contributed by atoms with van der Waals surface area (Å²) in [5.74, 6) is -0.508. The first kappa shape index (κ1) is 9.28. The Kier molecular flexibility index (Phi) is 3.21. The molecule has 1 atom stereocenters. The third-order valence-electron chi connectivity index (χ3n) is 0.383. The molecule has 5 N–H and O–H groups in total. The zero-order valence-corrected chi connectivity index (χ0v) is 5.69. The summed E-state index contributed by atoms with van der Waals surface area (Å²) in [7, 11) is 0.00647. The molecule has 2 radical (unpaired) electrons. The highest BCUT2D eigenvalue weighted by molar-refractivity contribution is 7.48. The van der Waals surface area contributed by atoms with Gasteiger partial charge in [0.1, 0.15) is 0 Å². The van der Waals surface area contributed by atoms with Crippen LogP contribution in [0.15, 0.2) is 5.16 Å². The number of hydrogen-bond acceptors (Lipinski definition) is 4. The summed E-state index contributed by atoms with van der Waals surface area (Å²) in [5, 5.41) is 2.72. The number of rotatable bonds is 3. The fraction of sp³-hybridized carbons (Fsp3) is 0. The summed E-state index contributed by atoms with van der Waals surface area (Å²) in [5.41, 5.74) is 9.46. The Bertz CT molecular complexity index is 177. The lowest BCUT2D eigenvalue weighted by Gasteiger charge is -2.03. The Morgan fingerprint density at radius 2 is 2.20 bits per heavy atom. The van der Waals surface area contributed by atoms with Crippen molar-refractivity contribution in [1.82, 2.24) is 0 Å². The van der Waals surface area contributed by atoms with Crippen LogP contribution in [0.2, 0.25) is 0 Å². The van der Waals surface area contributed by atoms with E-state index in [1.807, 2.05) is 0 Å². The first-order valence-corrected chi connectivity index (χ1v) is 3.46. The second-order valence-corrected chi connectivity index (χ2v) is 2.48. The molecule has 7 nitrogen and oxygen atoms in total. The fourth-order valence-corrected chi connectivity index (χ4v) is 0.354. The van der Waals surface area contributed by atoms with E-state index >= 15 is 0 Å². The molecule has 0 amide bonds. The van der Waals surface area contributed by atoms with Crippen molar-refractivity contribution in [2.75, 3.05) is 0 Å². The number of nitrogens with zero attached hydrogens (tertiary/aromatic N) is 1. The summed E-state index contributed by atoms with van der Waals surface area (Å²) in [6, 6.07) is 0.